The van der Waals surface area contributed by atoms with E-state index in [4.69, 9.17) is 15.2 Å². The highest BCUT2D eigenvalue weighted by Crippen LogP contribution is 2.31. The van der Waals surface area contributed by atoms with Crippen molar-refractivity contribution < 1.29 is 13.9 Å². The number of halogens is 1. The Labute approximate surface area is 82.6 Å². The number of hydrogen-bond acceptors (Lipinski definition) is 3. The molecule has 1 atom stereocenters. The molecule has 14 heavy (non-hydrogen) atoms. The lowest BCUT2D eigenvalue weighted by molar-refractivity contribution is 0.381. The van der Waals surface area contributed by atoms with Gasteiger partial charge in [-0.3, -0.25) is 0 Å². The molecule has 0 aliphatic rings. The Bertz CT molecular complexity index is 326. The topological polar surface area (TPSA) is 44.5 Å². The molecule has 0 radical (unpaired) electrons. The van der Waals surface area contributed by atoms with Crippen LogP contribution >= 0.6 is 0 Å². The van der Waals surface area contributed by atoms with Gasteiger partial charge in [-0.05, 0) is 6.92 Å². The molecular formula is C10H14FNO2. The minimum atomic E-state index is -0.407. The van der Waals surface area contributed by atoms with E-state index in [1.54, 1.807) is 13.0 Å². The van der Waals surface area contributed by atoms with E-state index in [2.05, 4.69) is 0 Å². The molecule has 3 nitrogen and oxygen atoms in total. The van der Waals surface area contributed by atoms with Gasteiger partial charge >= 0.3 is 0 Å². The van der Waals surface area contributed by atoms with E-state index in [1.165, 1.54) is 20.3 Å². The third kappa shape index (κ3) is 1.96. The van der Waals surface area contributed by atoms with Crippen LogP contribution in [0.25, 0.3) is 0 Å². The lowest BCUT2D eigenvalue weighted by atomic mass is 10.1. The van der Waals surface area contributed by atoms with Crippen LogP contribution in [0.3, 0.4) is 0 Å². The molecule has 2 N–H and O–H groups in total. The molecule has 1 rings (SSSR count). The van der Waals surface area contributed by atoms with E-state index in [-0.39, 0.29) is 0 Å². The maximum atomic E-state index is 13.5. The van der Waals surface area contributed by atoms with E-state index < -0.39 is 11.9 Å². The lowest BCUT2D eigenvalue weighted by Gasteiger charge is -2.14. The van der Waals surface area contributed by atoms with Gasteiger partial charge in [-0.1, -0.05) is 0 Å². The fourth-order valence-corrected chi connectivity index (χ4v) is 1.30. The molecule has 4 heteroatoms. The van der Waals surface area contributed by atoms with Crippen molar-refractivity contribution in [2.75, 3.05) is 14.2 Å². The summed E-state index contributed by atoms with van der Waals surface area (Å²) in [5, 5.41) is 0. The molecular weight excluding hydrogens is 185 g/mol. The number of methoxy groups -OCH3 is 2. The third-order valence-electron chi connectivity index (χ3n) is 1.98. The first kappa shape index (κ1) is 10.8. The summed E-state index contributed by atoms with van der Waals surface area (Å²) in [7, 11) is 2.94. The number of rotatable bonds is 3. The van der Waals surface area contributed by atoms with Crippen molar-refractivity contribution >= 4 is 0 Å². The zero-order valence-corrected chi connectivity index (χ0v) is 8.50. The van der Waals surface area contributed by atoms with Gasteiger partial charge in [0.15, 0.2) is 0 Å². The van der Waals surface area contributed by atoms with Crippen molar-refractivity contribution in [1.82, 2.24) is 0 Å². The van der Waals surface area contributed by atoms with Crippen molar-refractivity contribution in [2.45, 2.75) is 13.0 Å². The van der Waals surface area contributed by atoms with Crippen molar-refractivity contribution in [2.24, 2.45) is 5.73 Å². The highest BCUT2D eigenvalue weighted by Gasteiger charge is 2.15. The molecule has 1 unspecified atom stereocenters. The molecule has 1 aromatic carbocycles. The zero-order chi connectivity index (χ0) is 10.7. The van der Waals surface area contributed by atoms with Gasteiger partial charge in [0.1, 0.15) is 17.3 Å². The SMILES string of the molecule is COc1cc(F)c(C(C)N)c(OC)c1. The van der Waals surface area contributed by atoms with Crippen molar-refractivity contribution in [3.8, 4) is 11.5 Å². The summed E-state index contributed by atoms with van der Waals surface area (Å²) in [6, 6.07) is 2.50. The quantitative estimate of drug-likeness (QED) is 0.808. The highest BCUT2D eigenvalue weighted by atomic mass is 19.1. The molecule has 0 bridgehead atoms. The maximum Gasteiger partial charge on any atom is 0.135 e. The van der Waals surface area contributed by atoms with E-state index in [1.807, 2.05) is 0 Å². The summed E-state index contributed by atoms with van der Waals surface area (Å²) in [6.07, 6.45) is 0. The largest absolute Gasteiger partial charge is 0.497 e. The maximum absolute atomic E-state index is 13.5. The Morgan fingerprint density at radius 2 is 1.93 bits per heavy atom. The smallest absolute Gasteiger partial charge is 0.135 e. The van der Waals surface area contributed by atoms with Crippen LogP contribution in [0.2, 0.25) is 0 Å². The first-order valence-electron chi connectivity index (χ1n) is 4.27. The normalized spacial score (nSPS) is 12.4. The average Bonchev–Trinajstić information content (AvgIpc) is 2.15. The van der Waals surface area contributed by atoms with Crippen molar-refractivity contribution in [1.29, 1.82) is 0 Å². The fourth-order valence-electron chi connectivity index (χ4n) is 1.30. The molecule has 0 aliphatic heterocycles. The Hall–Kier alpha value is -1.29. The molecule has 0 aromatic heterocycles. The molecule has 0 saturated heterocycles. The average molecular weight is 199 g/mol. The summed E-state index contributed by atoms with van der Waals surface area (Å²) >= 11 is 0. The monoisotopic (exact) mass is 199 g/mol. The summed E-state index contributed by atoms with van der Waals surface area (Å²) in [4.78, 5) is 0. The second-order valence-corrected chi connectivity index (χ2v) is 3.01. The van der Waals surface area contributed by atoms with E-state index in [0.717, 1.165) is 0 Å². The predicted molar refractivity (Wildman–Crippen MR) is 52.1 cm³/mol. The number of nitrogens with two attached hydrogens (primary N) is 1. The van der Waals surface area contributed by atoms with Crippen LogP contribution in [-0.4, -0.2) is 14.2 Å². The van der Waals surface area contributed by atoms with Gasteiger partial charge < -0.3 is 15.2 Å². The van der Waals surface area contributed by atoms with Crippen molar-refractivity contribution in [3.05, 3.63) is 23.5 Å². The molecule has 78 valence electrons. The Kier molecular flexibility index (Phi) is 3.30. The van der Waals surface area contributed by atoms with Crippen LogP contribution in [-0.2, 0) is 0 Å². The van der Waals surface area contributed by atoms with Gasteiger partial charge in [-0.15, -0.1) is 0 Å². The molecule has 0 fully saturated rings. The van der Waals surface area contributed by atoms with E-state index >= 15 is 0 Å². The Balaban J connectivity index is 3.27. The Morgan fingerprint density at radius 3 is 2.36 bits per heavy atom. The standard InChI is InChI=1S/C10H14FNO2/c1-6(12)10-8(11)4-7(13-2)5-9(10)14-3/h4-6H,12H2,1-3H3. The molecule has 0 spiro atoms. The number of hydrogen-bond donors (Lipinski definition) is 1. The van der Waals surface area contributed by atoms with Crippen LogP contribution in [0, 0.1) is 5.82 Å². The van der Waals surface area contributed by atoms with Crippen LogP contribution < -0.4 is 15.2 Å². The van der Waals surface area contributed by atoms with Gasteiger partial charge in [0.25, 0.3) is 0 Å². The number of benzene rings is 1. The summed E-state index contributed by atoms with van der Waals surface area (Å²) < 4.78 is 23.4. The van der Waals surface area contributed by atoms with Crippen LogP contribution in [0.5, 0.6) is 11.5 Å². The van der Waals surface area contributed by atoms with E-state index in [0.29, 0.717) is 17.1 Å². The predicted octanol–water partition coefficient (Wildman–Crippen LogP) is 1.86. The van der Waals surface area contributed by atoms with Crippen molar-refractivity contribution in [3.63, 3.8) is 0 Å². The summed E-state index contributed by atoms with van der Waals surface area (Å²) in [6.45, 7) is 1.70. The highest BCUT2D eigenvalue weighted by molar-refractivity contribution is 5.43. The minimum absolute atomic E-state index is 0.369. The first-order chi connectivity index (χ1) is 6.60. The molecule has 0 saturated carbocycles. The Morgan fingerprint density at radius 1 is 1.29 bits per heavy atom. The molecule has 0 amide bonds. The third-order valence-corrected chi connectivity index (χ3v) is 1.98. The second kappa shape index (κ2) is 4.28. The summed E-state index contributed by atoms with van der Waals surface area (Å²) in [5.74, 6) is 0.428. The fraction of sp³-hybridized carbons (Fsp3) is 0.400. The van der Waals surface area contributed by atoms with Crippen LogP contribution in [0.4, 0.5) is 4.39 Å². The van der Waals surface area contributed by atoms with Gasteiger partial charge in [0.05, 0.1) is 14.2 Å². The molecule has 1 aromatic rings. The number of ether oxygens (including phenoxy) is 2. The zero-order valence-electron chi connectivity index (χ0n) is 8.50. The lowest BCUT2D eigenvalue weighted by Crippen LogP contribution is -2.09. The molecule has 0 aliphatic carbocycles. The van der Waals surface area contributed by atoms with Gasteiger partial charge in [0, 0.05) is 23.7 Å². The van der Waals surface area contributed by atoms with Gasteiger partial charge in [-0.2, -0.15) is 0 Å². The van der Waals surface area contributed by atoms with Crippen LogP contribution in [0.15, 0.2) is 12.1 Å². The second-order valence-electron chi connectivity index (χ2n) is 3.01. The van der Waals surface area contributed by atoms with E-state index in [9.17, 15) is 4.39 Å². The van der Waals surface area contributed by atoms with Crippen LogP contribution in [0.1, 0.15) is 18.5 Å². The molecule has 0 heterocycles. The minimum Gasteiger partial charge on any atom is -0.497 e. The summed E-state index contributed by atoms with van der Waals surface area (Å²) in [5.41, 5.74) is 5.99. The van der Waals surface area contributed by atoms with Gasteiger partial charge in [-0.25, -0.2) is 4.39 Å². The first-order valence-corrected chi connectivity index (χ1v) is 4.27. The van der Waals surface area contributed by atoms with Gasteiger partial charge in [0.2, 0.25) is 0 Å².